The van der Waals surface area contributed by atoms with E-state index in [0.717, 1.165) is 44.9 Å². The number of rotatable bonds is 12. The maximum Gasteiger partial charge on any atom is 0.251 e. The first-order chi connectivity index (χ1) is 20.7. The number of unbranched alkanes of at least 4 members (excludes halogenated alkanes) is 1. The highest BCUT2D eigenvalue weighted by Crippen LogP contribution is 2.36. The van der Waals surface area contributed by atoms with Gasteiger partial charge in [0, 0.05) is 38.7 Å². The highest BCUT2D eigenvalue weighted by atomic mass is 16.5. The van der Waals surface area contributed by atoms with E-state index < -0.39 is 17.7 Å². The van der Waals surface area contributed by atoms with Gasteiger partial charge in [-0.15, -0.1) is 0 Å². The van der Waals surface area contributed by atoms with Crippen LogP contribution in [0.2, 0.25) is 0 Å². The van der Waals surface area contributed by atoms with Gasteiger partial charge in [-0.2, -0.15) is 0 Å². The SMILES string of the molecule is CCCCN1C(=O)[C@@H]([C@H](O)C2CCCCC2)NC(=O)C12CCN(C(=O)CCCC(C)Oc1ccc(C(=O)NC)cc1)CC2. The molecule has 10 nitrogen and oxygen atoms in total. The van der Waals surface area contributed by atoms with Crippen molar-refractivity contribution in [2.75, 3.05) is 26.7 Å². The lowest BCUT2D eigenvalue weighted by Gasteiger charge is -2.52. The van der Waals surface area contributed by atoms with Gasteiger partial charge in [0.15, 0.2) is 0 Å². The summed E-state index contributed by atoms with van der Waals surface area (Å²) in [5, 5.41) is 16.7. The molecule has 0 aromatic heterocycles. The van der Waals surface area contributed by atoms with Gasteiger partial charge in [-0.25, -0.2) is 0 Å². The van der Waals surface area contributed by atoms with Gasteiger partial charge in [-0.05, 0) is 82.1 Å². The zero-order valence-electron chi connectivity index (χ0n) is 26.1. The first-order valence-electron chi connectivity index (χ1n) is 16.3. The van der Waals surface area contributed by atoms with Crippen LogP contribution < -0.4 is 15.4 Å². The number of carbonyl (C=O) groups excluding carboxylic acids is 4. The molecule has 3 aliphatic rings. The second-order valence-corrected chi connectivity index (χ2v) is 12.5. The minimum absolute atomic E-state index is 0.0345. The van der Waals surface area contributed by atoms with Crippen LogP contribution in [0.4, 0.5) is 0 Å². The number of amides is 4. The molecular formula is C33H50N4O6. The standard InChI is InChI=1S/C33H50N4O6/c1-4-5-20-37-31(41)28(29(39)24-11-7-6-8-12-24)35-32(42)33(37)18-21-36(22-19-33)27(38)13-9-10-23(2)43-26-16-14-25(15-17-26)30(40)34-3/h14-17,23-24,28-29,39H,4-13,18-22H2,1-3H3,(H,34,40)(H,35,42)/t23?,28-,29-/m1/s1. The topological polar surface area (TPSA) is 128 Å². The van der Waals surface area contributed by atoms with Crippen molar-refractivity contribution in [3.05, 3.63) is 29.8 Å². The zero-order valence-corrected chi connectivity index (χ0v) is 26.1. The molecule has 238 valence electrons. The molecule has 1 aliphatic carbocycles. The third-order valence-corrected chi connectivity index (χ3v) is 9.59. The Balaban J connectivity index is 1.28. The van der Waals surface area contributed by atoms with Gasteiger partial charge in [-0.1, -0.05) is 32.6 Å². The molecule has 3 fully saturated rings. The number of likely N-dealkylation sites (tertiary alicyclic amines) is 1. The number of ether oxygens (including phenoxy) is 1. The van der Waals surface area contributed by atoms with E-state index in [9.17, 15) is 24.3 Å². The predicted octanol–water partition coefficient (Wildman–Crippen LogP) is 3.41. The first kappa shape index (κ1) is 32.8. The lowest BCUT2D eigenvalue weighted by atomic mass is 9.78. The Morgan fingerprint density at radius 3 is 2.40 bits per heavy atom. The Bertz CT molecular complexity index is 1110. The maximum atomic E-state index is 13.8. The Labute approximate surface area is 255 Å². The van der Waals surface area contributed by atoms with Crippen LogP contribution in [0, 0.1) is 5.92 Å². The lowest BCUT2D eigenvalue weighted by Crippen LogP contribution is -2.75. The van der Waals surface area contributed by atoms with Crippen LogP contribution in [0.3, 0.4) is 0 Å². The molecule has 0 bridgehead atoms. The monoisotopic (exact) mass is 598 g/mol. The number of nitrogens with one attached hydrogen (secondary N) is 2. The molecule has 1 aromatic rings. The summed E-state index contributed by atoms with van der Waals surface area (Å²) in [6, 6.07) is 6.08. The van der Waals surface area contributed by atoms with Crippen LogP contribution >= 0.6 is 0 Å². The van der Waals surface area contributed by atoms with Crippen LogP contribution in [0.5, 0.6) is 5.75 Å². The van der Waals surface area contributed by atoms with Gasteiger partial charge in [0.05, 0.1) is 12.2 Å². The van der Waals surface area contributed by atoms with Crippen LogP contribution in [0.15, 0.2) is 24.3 Å². The molecule has 2 saturated heterocycles. The average molecular weight is 599 g/mol. The molecule has 0 radical (unpaired) electrons. The molecule has 2 heterocycles. The van der Waals surface area contributed by atoms with Crippen LogP contribution in [0.25, 0.3) is 0 Å². The zero-order chi connectivity index (χ0) is 31.0. The quantitative estimate of drug-likeness (QED) is 0.338. The fourth-order valence-electron chi connectivity index (χ4n) is 6.90. The van der Waals surface area contributed by atoms with Crippen molar-refractivity contribution >= 4 is 23.6 Å². The van der Waals surface area contributed by atoms with E-state index >= 15 is 0 Å². The molecule has 4 amide bonds. The van der Waals surface area contributed by atoms with Gasteiger partial charge >= 0.3 is 0 Å². The summed E-state index contributed by atoms with van der Waals surface area (Å²) in [5.74, 6) is 0.239. The van der Waals surface area contributed by atoms with E-state index in [1.165, 1.54) is 0 Å². The third kappa shape index (κ3) is 7.69. The van der Waals surface area contributed by atoms with Gasteiger partial charge < -0.3 is 30.3 Å². The number of nitrogens with zero attached hydrogens (tertiary/aromatic N) is 2. The minimum atomic E-state index is -0.971. The molecule has 3 atom stereocenters. The van der Waals surface area contributed by atoms with E-state index in [-0.39, 0.29) is 35.7 Å². The van der Waals surface area contributed by atoms with Gasteiger partial charge in [0.2, 0.25) is 17.7 Å². The van der Waals surface area contributed by atoms with E-state index in [0.29, 0.717) is 63.1 Å². The predicted molar refractivity (Wildman–Crippen MR) is 163 cm³/mol. The van der Waals surface area contributed by atoms with Crippen molar-refractivity contribution in [2.24, 2.45) is 5.92 Å². The molecule has 1 spiro atoms. The Hall–Kier alpha value is -3.14. The molecule has 3 N–H and O–H groups in total. The molecule has 1 unspecified atom stereocenters. The van der Waals surface area contributed by atoms with Crippen molar-refractivity contribution < 1.29 is 29.0 Å². The lowest BCUT2D eigenvalue weighted by molar-refractivity contribution is -0.166. The summed E-state index contributed by atoms with van der Waals surface area (Å²) in [4.78, 5) is 55.8. The summed E-state index contributed by atoms with van der Waals surface area (Å²) in [6.07, 6.45) is 8.28. The van der Waals surface area contributed by atoms with Crippen molar-refractivity contribution in [3.63, 3.8) is 0 Å². The molecule has 43 heavy (non-hydrogen) atoms. The molecule has 1 aromatic carbocycles. The number of hydrogen-bond acceptors (Lipinski definition) is 6. The second kappa shape index (κ2) is 15.0. The summed E-state index contributed by atoms with van der Waals surface area (Å²) in [6.45, 7) is 5.34. The number of piperidine rings is 1. The van der Waals surface area contributed by atoms with E-state index in [4.69, 9.17) is 4.74 Å². The van der Waals surface area contributed by atoms with Crippen molar-refractivity contribution in [1.82, 2.24) is 20.4 Å². The Morgan fingerprint density at radius 2 is 1.77 bits per heavy atom. The van der Waals surface area contributed by atoms with Crippen LogP contribution in [-0.2, 0) is 14.4 Å². The fourth-order valence-corrected chi connectivity index (χ4v) is 6.90. The van der Waals surface area contributed by atoms with E-state index in [1.807, 2.05) is 11.8 Å². The van der Waals surface area contributed by atoms with Crippen LogP contribution in [0.1, 0.15) is 101 Å². The molecule has 4 rings (SSSR count). The third-order valence-electron chi connectivity index (χ3n) is 9.59. The number of carbonyl (C=O) groups is 4. The van der Waals surface area contributed by atoms with E-state index in [2.05, 4.69) is 17.6 Å². The van der Waals surface area contributed by atoms with E-state index in [1.54, 1.807) is 36.2 Å². The van der Waals surface area contributed by atoms with Crippen molar-refractivity contribution in [1.29, 1.82) is 0 Å². The smallest absolute Gasteiger partial charge is 0.251 e. The van der Waals surface area contributed by atoms with Gasteiger partial charge in [0.1, 0.15) is 17.3 Å². The minimum Gasteiger partial charge on any atom is -0.491 e. The number of piperazine rings is 1. The number of hydrogen-bond donors (Lipinski definition) is 3. The summed E-state index contributed by atoms with van der Waals surface area (Å²) in [5.41, 5.74) is -0.404. The number of benzene rings is 1. The highest BCUT2D eigenvalue weighted by Gasteiger charge is 2.55. The summed E-state index contributed by atoms with van der Waals surface area (Å²) >= 11 is 0. The normalized spacial score (nSPS) is 22.2. The van der Waals surface area contributed by atoms with Crippen LogP contribution in [-0.4, -0.2) is 89.0 Å². The van der Waals surface area contributed by atoms with Gasteiger partial charge in [0.25, 0.3) is 5.91 Å². The Kier molecular flexibility index (Phi) is 11.5. The number of aliphatic hydroxyl groups is 1. The molecule has 10 heteroatoms. The Morgan fingerprint density at radius 1 is 1.09 bits per heavy atom. The average Bonchev–Trinajstić information content (AvgIpc) is 3.03. The highest BCUT2D eigenvalue weighted by molar-refractivity contribution is 6.00. The van der Waals surface area contributed by atoms with Crippen molar-refractivity contribution in [2.45, 2.75) is 115 Å². The fraction of sp³-hybridized carbons (Fsp3) is 0.697. The van der Waals surface area contributed by atoms with Crippen molar-refractivity contribution in [3.8, 4) is 5.75 Å². The first-order valence-corrected chi connectivity index (χ1v) is 16.3. The summed E-state index contributed by atoms with van der Waals surface area (Å²) in [7, 11) is 1.59. The van der Waals surface area contributed by atoms with Gasteiger partial charge in [-0.3, -0.25) is 19.2 Å². The largest absolute Gasteiger partial charge is 0.491 e. The number of aliphatic hydroxyl groups excluding tert-OH is 1. The molecule has 2 aliphatic heterocycles. The maximum absolute atomic E-state index is 13.8. The molecular weight excluding hydrogens is 548 g/mol. The summed E-state index contributed by atoms with van der Waals surface area (Å²) < 4.78 is 5.96. The second-order valence-electron chi connectivity index (χ2n) is 12.5. The molecule has 1 saturated carbocycles.